The minimum atomic E-state index is -0.00811. The van der Waals surface area contributed by atoms with E-state index < -0.39 is 0 Å². The lowest BCUT2D eigenvalue weighted by atomic mass is 9.84. The monoisotopic (exact) mass is 371 g/mol. The number of aliphatic hydroxyl groups is 1. The van der Waals surface area contributed by atoms with Crippen molar-refractivity contribution in [2.24, 2.45) is 10.4 Å². The first-order valence-corrected chi connectivity index (χ1v) is 9.50. The molecule has 6 heteroatoms. The summed E-state index contributed by atoms with van der Waals surface area (Å²) in [5.74, 6) is 1.63. The zero-order chi connectivity index (χ0) is 19.0. The van der Waals surface area contributed by atoms with Crippen LogP contribution in [0.3, 0.4) is 0 Å². The summed E-state index contributed by atoms with van der Waals surface area (Å²) < 4.78 is 11.5. The number of hydrogen-bond donors (Lipinski definition) is 3. The van der Waals surface area contributed by atoms with Gasteiger partial charge in [0.1, 0.15) is 12.4 Å². The second-order valence-corrected chi connectivity index (χ2v) is 6.95. The second-order valence-electron chi connectivity index (χ2n) is 6.95. The maximum atomic E-state index is 9.33. The van der Waals surface area contributed by atoms with E-state index in [-0.39, 0.29) is 12.0 Å². The third kappa shape index (κ3) is 5.11. The molecule has 1 fully saturated rings. The number of benzene rings is 2. The highest BCUT2D eigenvalue weighted by molar-refractivity contribution is 5.88. The fourth-order valence-electron chi connectivity index (χ4n) is 3.46. The topological polar surface area (TPSA) is 75.1 Å². The molecule has 2 aromatic rings. The summed E-state index contributed by atoms with van der Waals surface area (Å²) in [7, 11) is 1.75. The van der Waals surface area contributed by atoms with Gasteiger partial charge in [0.2, 0.25) is 0 Å². The Morgan fingerprint density at radius 2 is 2.07 bits per heavy atom. The number of aliphatic imine (C=N–C) groups is 1. The van der Waals surface area contributed by atoms with Crippen LogP contribution in [0.1, 0.15) is 12.8 Å². The number of fused-ring (bicyclic) bond motifs is 1. The SMILES string of the molecule is CN=C(NCCOc1cccc2ccccc12)NCC1(CCO)CCOC1. The van der Waals surface area contributed by atoms with Crippen molar-refractivity contribution in [1.29, 1.82) is 0 Å². The van der Waals surface area contributed by atoms with E-state index in [0.29, 0.717) is 19.8 Å². The molecule has 1 unspecified atom stereocenters. The van der Waals surface area contributed by atoms with E-state index in [9.17, 15) is 5.11 Å². The van der Waals surface area contributed by atoms with Crippen LogP contribution in [0.15, 0.2) is 47.5 Å². The molecule has 0 saturated carbocycles. The molecule has 0 aromatic heterocycles. The highest BCUT2D eigenvalue weighted by Crippen LogP contribution is 2.31. The highest BCUT2D eigenvalue weighted by atomic mass is 16.5. The fourth-order valence-corrected chi connectivity index (χ4v) is 3.46. The fraction of sp³-hybridized carbons (Fsp3) is 0.476. The quantitative estimate of drug-likeness (QED) is 0.377. The van der Waals surface area contributed by atoms with E-state index in [0.717, 1.165) is 43.1 Å². The van der Waals surface area contributed by atoms with Crippen molar-refractivity contribution in [3.8, 4) is 5.75 Å². The standard InChI is InChI=1S/C21H29N3O3/c1-22-20(24-15-21(9-12-25)10-13-26-16-21)23-11-14-27-19-8-4-6-17-5-2-3-7-18(17)19/h2-8,25H,9-16H2,1H3,(H2,22,23,24). The molecule has 146 valence electrons. The molecule has 1 aliphatic rings. The molecular formula is C21H29N3O3. The van der Waals surface area contributed by atoms with Gasteiger partial charge < -0.3 is 25.2 Å². The largest absolute Gasteiger partial charge is 0.491 e. The van der Waals surface area contributed by atoms with E-state index >= 15 is 0 Å². The Labute approximate surface area is 160 Å². The Balaban J connectivity index is 1.46. The van der Waals surface area contributed by atoms with Crippen LogP contribution in [0.25, 0.3) is 10.8 Å². The van der Waals surface area contributed by atoms with Gasteiger partial charge in [-0.25, -0.2) is 0 Å². The summed E-state index contributed by atoms with van der Waals surface area (Å²) in [6, 6.07) is 14.3. The molecule has 27 heavy (non-hydrogen) atoms. The van der Waals surface area contributed by atoms with E-state index in [2.05, 4.69) is 33.8 Å². The summed E-state index contributed by atoms with van der Waals surface area (Å²) in [4.78, 5) is 4.27. The molecule has 3 N–H and O–H groups in total. The number of aliphatic hydroxyl groups excluding tert-OH is 1. The van der Waals surface area contributed by atoms with Crippen LogP contribution in [-0.4, -0.2) is 57.6 Å². The van der Waals surface area contributed by atoms with Crippen LogP contribution >= 0.6 is 0 Å². The van der Waals surface area contributed by atoms with Crippen LogP contribution < -0.4 is 15.4 Å². The predicted octanol–water partition coefficient (Wildman–Crippen LogP) is 2.17. The molecule has 6 nitrogen and oxygen atoms in total. The van der Waals surface area contributed by atoms with E-state index in [4.69, 9.17) is 9.47 Å². The second kappa shape index (κ2) is 9.58. The smallest absolute Gasteiger partial charge is 0.191 e. The van der Waals surface area contributed by atoms with Gasteiger partial charge in [0.05, 0.1) is 13.2 Å². The minimum Gasteiger partial charge on any atom is -0.491 e. The first-order valence-electron chi connectivity index (χ1n) is 9.50. The van der Waals surface area contributed by atoms with Crippen LogP contribution in [0.5, 0.6) is 5.75 Å². The number of nitrogens with one attached hydrogen (secondary N) is 2. The number of nitrogens with zero attached hydrogens (tertiary/aromatic N) is 1. The molecule has 0 radical (unpaired) electrons. The lowest BCUT2D eigenvalue weighted by molar-refractivity contribution is 0.127. The Kier molecular flexibility index (Phi) is 6.90. The van der Waals surface area contributed by atoms with Gasteiger partial charge in [-0.15, -0.1) is 0 Å². The Morgan fingerprint density at radius 1 is 1.22 bits per heavy atom. The number of guanidine groups is 1. The molecule has 1 atom stereocenters. The molecule has 2 aromatic carbocycles. The number of hydrogen-bond acceptors (Lipinski definition) is 4. The molecule has 3 rings (SSSR count). The van der Waals surface area contributed by atoms with Crippen LogP contribution in [-0.2, 0) is 4.74 Å². The van der Waals surface area contributed by atoms with Gasteiger partial charge in [-0.3, -0.25) is 4.99 Å². The minimum absolute atomic E-state index is 0.00811. The van der Waals surface area contributed by atoms with Gasteiger partial charge in [0.15, 0.2) is 5.96 Å². The Bertz CT molecular complexity index is 752. The van der Waals surface area contributed by atoms with Crippen molar-refractivity contribution >= 4 is 16.7 Å². The van der Waals surface area contributed by atoms with Crippen LogP contribution in [0.4, 0.5) is 0 Å². The number of ether oxygens (including phenoxy) is 2. The van der Waals surface area contributed by atoms with Crippen molar-refractivity contribution in [3.05, 3.63) is 42.5 Å². The normalized spacial score (nSPS) is 20.0. The van der Waals surface area contributed by atoms with Gasteiger partial charge in [-0.2, -0.15) is 0 Å². The van der Waals surface area contributed by atoms with Crippen LogP contribution in [0.2, 0.25) is 0 Å². The zero-order valence-electron chi connectivity index (χ0n) is 15.9. The van der Waals surface area contributed by atoms with Gasteiger partial charge in [0, 0.05) is 37.6 Å². The molecule has 0 bridgehead atoms. The van der Waals surface area contributed by atoms with Crippen molar-refractivity contribution < 1.29 is 14.6 Å². The summed E-state index contributed by atoms with van der Waals surface area (Å²) in [5.41, 5.74) is -0.00811. The van der Waals surface area contributed by atoms with Gasteiger partial charge in [0.25, 0.3) is 0 Å². The van der Waals surface area contributed by atoms with Crippen molar-refractivity contribution in [2.75, 3.05) is 46.6 Å². The summed E-state index contributed by atoms with van der Waals surface area (Å²) in [6.45, 7) is 3.54. The lowest BCUT2D eigenvalue weighted by Crippen LogP contribution is -2.45. The highest BCUT2D eigenvalue weighted by Gasteiger charge is 2.34. The third-order valence-corrected chi connectivity index (χ3v) is 5.08. The predicted molar refractivity (Wildman–Crippen MR) is 108 cm³/mol. The summed E-state index contributed by atoms with van der Waals surface area (Å²) >= 11 is 0. The van der Waals surface area contributed by atoms with E-state index in [1.54, 1.807) is 7.05 Å². The Morgan fingerprint density at radius 3 is 2.85 bits per heavy atom. The average Bonchev–Trinajstić information content (AvgIpc) is 3.16. The maximum Gasteiger partial charge on any atom is 0.191 e. The third-order valence-electron chi connectivity index (χ3n) is 5.08. The molecular weight excluding hydrogens is 342 g/mol. The first-order chi connectivity index (χ1) is 13.3. The van der Waals surface area contributed by atoms with Gasteiger partial charge >= 0.3 is 0 Å². The molecule has 1 aliphatic heterocycles. The molecule has 1 saturated heterocycles. The Hall–Kier alpha value is -2.31. The zero-order valence-corrected chi connectivity index (χ0v) is 15.9. The van der Waals surface area contributed by atoms with E-state index in [1.807, 2.05) is 24.3 Å². The number of rotatable bonds is 8. The summed E-state index contributed by atoms with van der Waals surface area (Å²) in [6.07, 6.45) is 1.70. The van der Waals surface area contributed by atoms with E-state index in [1.165, 1.54) is 5.39 Å². The van der Waals surface area contributed by atoms with Crippen LogP contribution in [0, 0.1) is 5.41 Å². The van der Waals surface area contributed by atoms with Crippen molar-refractivity contribution in [1.82, 2.24) is 10.6 Å². The van der Waals surface area contributed by atoms with Crippen molar-refractivity contribution in [2.45, 2.75) is 12.8 Å². The first kappa shape index (κ1) is 19.5. The molecule has 1 heterocycles. The summed E-state index contributed by atoms with van der Waals surface area (Å²) in [5, 5.41) is 18.3. The van der Waals surface area contributed by atoms with Gasteiger partial charge in [-0.1, -0.05) is 36.4 Å². The average molecular weight is 371 g/mol. The lowest BCUT2D eigenvalue weighted by Gasteiger charge is -2.27. The van der Waals surface area contributed by atoms with Crippen molar-refractivity contribution in [3.63, 3.8) is 0 Å². The molecule has 0 amide bonds. The molecule has 0 spiro atoms. The van der Waals surface area contributed by atoms with Gasteiger partial charge in [-0.05, 0) is 24.3 Å². The maximum absolute atomic E-state index is 9.33. The molecule has 0 aliphatic carbocycles.